The van der Waals surface area contributed by atoms with Gasteiger partial charge in [-0.1, -0.05) is 57.2 Å². The van der Waals surface area contributed by atoms with Crippen LogP contribution in [0.25, 0.3) is 0 Å². The van der Waals surface area contributed by atoms with E-state index in [1.165, 1.54) is 0 Å². The van der Waals surface area contributed by atoms with E-state index in [1.807, 2.05) is 32.9 Å². The molecule has 1 atom stereocenters. The van der Waals surface area contributed by atoms with Gasteiger partial charge in [-0.15, -0.1) is 0 Å². The predicted molar refractivity (Wildman–Crippen MR) is 101 cm³/mol. The van der Waals surface area contributed by atoms with E-state index in [-0.39, 0.29) is 0 Å². The van der Waals surface area contributed by atoms with Gasteiger partial charge in [0.15, 0.2) is 0 Å². The van der Waals surface area contributed by atoms with E-state index in [1.54, 1.807) is 62.4 Å². The molecular weight excluding hydrogens is 328 g/mol. The maximum absolute atomic E-state index is 12.5. The van der Waals surface area contributed by atoms with Crippen molar-refractivity contribution in [1.29, 1.82) is 0 Å². The molecule has 0 aliphatic heterocycles. The van der Waals surface area contributed by atoms with Crippen molar-refractivity contribution < 1.29 is 19.1 Å². The Hall–Kier alpha value is -2.62. The molecule has 0 N–H and O–H groups in total. The van der Waals surface area contributed by atoms with Crippen LogP contribution >= 0.6 is 0 Å². The van der Waals surface area contributed by atoms with Crippen molar-refractivity contribution in [2.45, 2.75) is 46.3 Å². The highest BCUT2D eigenvalue weighted by Crippen LogP contribution is 2.34. The van der Waals surface area contributed by atoms with Crippen LogP contribution in [0.2, 0.25) is 0 Å². The second-order valence-electron chi connectivity index (χ2n) is 7.88. The van der Waals surface area contributed by atoms with E-state index >= 15 is 0 Å². The molecule has 0 bridgehead atoms. The van der Waals surface area contributed by atoms with Crippen molar-refractivity contribution >= 4 is 11.9 Å². The molecule has 2 aromatic carbocycles. The zero-order valence-corrected chi connectivity index (χ0v) is 16.0. The Morgan fingerprint density at radius 1 is 0.731 bits per heavy atom. The lowest BCUT2D eigenvalue weighted by Crippen LogP contribution is -2.50. The van der Waals surface area contributed by atoms with Crippen LogP contribution < -0.4 is 0 Å². The van der Waals surface area contributed by atoms with Gasteiger partial charge in [-0.25, -0.2) is 9.59 Å². The van der Waals surface area contributed by atoms with Gasteiger partial charge in [0.25, 0.3) is 0 Å². The molecule has 0 saturated carbocycles. The Morgan fingerprint density at radius 3 is 1.58 bits per heavy atom. The monoisotopic (exact) mass is 354 g/mol. The summed E-state index contributed by atoms with van der Waals surface area (Å²) in [4.78, 5) is 25.0. The lowest BCUT2D eigenvalue weighted by molar-refractivity contribution is -0.115. The topological polar surface area (TPSA) is 52.6 Å². The van der Waals surface area contributed by atoms with E-state index in [9.17, 15) is 9.59 Å². The number of carbonyl (C=O) groups excluding carboxylic acids is 2. The summed E-state index contributed by atoms with van der Waals surface area (Å²) in [5, 5.41) is 0. The Kier molecular flexibility index (Phi) is 5.86. The molecule has 0 aliphatic rings. The first kappa shape index (κ1) is 19.7. The van der Waals surface area contributed by atoms with Gasteiger partial charge in [0.05, 0.1) is 11.1 Å². The minimum absolute atomic E-state index is 0.426. The number of benzene rings is 2. The standard InChI is InChI=1S/C22H26O4/c1-21(2,3)20(25-18(23)16-12-8-6-9-13-16)22(4,5)26-19(24)17-14-10-7-11-15-17/h6-15,20H,1-5H3. The molecule has 26 heavy (non-hydrogen) atoms. The van der Waals surface area contributed by atoms with Crippen molar-refractivity contribution in [1.82, 2.24) is 0 Å². The van der Waals surface area contributed by atoms with Crippen LogP contribution in [0.1, 0.15) is 55.3 Å². The minimum atomic E-state index is -1.00. The highest BCUT2D eigenvalue weighted by molar-refractivity contribution is 5.90. The fraction of sp³-hybridized carbons (Fsp3) is 0.364. The van der Waals surface area contributed by atoms with E-state index in [4.69, 9.17) is 9.47 Å². The first-order chi connectivity index (χ1) is 12.1. The fourth-order valence-corrected chi connectivity index (χ4v) is 3.04. The van der Waals surface area contributed by atoms with Crippen molar-refractivity contribution in [3.05, 3.63) is 71.8 Å². The van der Waals surface area contributed by atoms with Crippen LogP contribution in [-0.2, 0) is 9.47 Å². The molecular formula is C22H26O4. The lowest BCUT2D eigenvalue weighted by Gasteiger charge is -2.41. The molecule has 2 aromatic rings. The Balaban J connectivity index is 2.22. The first-order valence-corrected chi connectivity index (χ1v) is 8.66. The van der Waals surface area contributed by atoms with Gasteiger partial charge in [0.1, 0.15) is 11.7 Å². The smallest absolute Gasteiger partial charge is 0.338 e. The molecule has 0 spiro atoms. The number of carbonyl (C=O) groups is 2. The summed E-state index contributed by atoms with van der Waals surface area (Å²) >= 11 is 0. The summed E-state index contributed by atoms with van der Waals surface area (Å²) in [5.41, 5.74) is -0.505. The van der Waals surface area contributed by atoms with Gasteiger partial charge in [0.2, 0.25) is 0 Å². The summed E-state index contributed by atoms with van der Waals surface area (Å²) < 4.78 is 11.5. The lowest BCUT2D eigenvalue weighted by atomic mass is 9.79. The van der Waals surface area contributed by atoms with Crippen molar-refractivity contribution in [3.8, 4) is 0 Å². The first-order valence-electron chi connectivity index (χ1n) is 8.66. The molecule has 138 valence electrons. The van der Waals surface area contributed by atoms with E-state index in [2.05, 4.69) is 0 Å². The molecule has 4 nitrogen and oxygen atoms in total. The van der Waals surface area contributed by atoms with Crippen LogP contribution in [0, 0.1) is 5.41 Å². The third kappa shape index (κ3) is 4.94. The molecule has 0 heterocycles. The average Bonchev–Trinajstić information content (AvgIpc) is 2.59. The molecule has 2 rings (SSSR count). The van der Waals surface area contributed by atoms with Crippen LogP contribution in [-0.4, -0.2) is 23.6 Å². The second kappa shape index (κ2) is 7.73. The molecule has 0 aliphatic carbocycles. The number of hydrogen-bond acceptors (Lipinski definition) is 4. The quantitative estimate of drug-likeness (QED) is 0.717. The Labute approximate surface area is 155 Å². The Morgan fingerprint density at radius 2 is 1.15 bits per heavy atom. The molecule has 1 unspecified atom stereocenters. The summed E-state index contributed by atoms with van der Waals surface area (Å²) in [5.74, 6) is -0.880. The normalized spacial score (nSPS) is 13.0. The third-order valence-electron chi connectivity index (χ3n) is 4.02. The van der Waals surface area contributed by atoms with Gasteiger partial charge in [-0.05, 0) is 38.1 Å². The van der Waals surface area contributed by atoms with Gasteiger partial charge in [-0.3, -0.25) is 0 Å². The number of rotatable bonds is 5. The largest absolute Gasteiger partial charge is 0.454 e. The zero-order chi connectivity index (χ0) is 19.4. The van der Waals surface area contributed by atoms with Crippen molar-refractivity contribution in [2.75, 3.05) is 0 Å². The Bertz CT molecular complexity index is 743. The van der Waals surface area contributed by atoms with E-state index in [0.29, 0.717) is 11.1 Å². The van der Waals surface area contributed by atoms with Crippen LogP contribution in [0.3, 0.4) is 0 Å². The molecule has 0 aromatic heterocycles. The molecule has 0 amide bonds. The van der Waals surface area contributed by atoms with Gasteiger partial charge in [-0.2, -0.15) is 0 Å². The number of ether oxygens (including phenoxy) is 2. The number of hydrogen-bond donors (Lipinski definition) is 0. The zero-order valence-electron chi connectivity index (χ0n) is 16.0. The minimum Gasteiger partial charge on any atom is -0.454 e. The van der Waals surface area contributed by atoms with E-state index < -0.39 is 29.1 Å². The third-order valence-corrected chi connectivity index (χ3v) is 4.02. The highest BCUT2D eigenvalue weighted by Gasteiger charge is 2.44. The fourth-order valence-electron chi connectivity index (χ4n) is 3.04. The number of esters is 2. The van der Waals surface area contributed by atoms with Crippen LogP contribution in [0.15, 0.2) is 60.7 Å². The van der Waals surface area contributed by atoms with Crippen molar-refractivity contribution in [3.63, 3.8) is 0 Å². The summed E-state index contributed by atoms with van der Waals surface area (Å²) in [7, 11) is 0. The average molecular weight is 354 g/mol. The molecule has 4 heteroatoms. The maximum Gasteiger partial charge on any atom is 0.338 e. The van der Waals surface area contributed by atoms with Gasteiger partial charge in [0, 0.05) is 5.41 Å². The molecule has 0 radical (unpaired) electrons. The summed E-state index contributed by atoms with van der Waals surface area (Å²) in [6, 6.07) is 17.6. The van der Waals surface area contributed by atoms with E-state index in [0.717, 1.165) is 0 Å². The SMILES string of the molecule is CC(C)(C)C(OC(=O)c1ccccc1)C(C)(C)OC(=O)c1ccccc1. The molecule has 0 fully saturated rings. The summed E-state index contributed by atoms with van der Waals surface area (Å²) in [6.07, 6.45) is -0.629. The predicted octanol–water partition coefficient (Wildman–Crippen LogP) is 4.89. The van der Waals surface area contributed by atoms with Crippen LogP contribution in [0.5, 0.6) is 0 Å². The molecule has 0 saturated heterocycles. The second-order valence-corrected chi connectivity index (χ2v) is 7.88. The van der Waals surface area contributed by atoms with Crippen LogP contribution in [0.4, 0.5) is 0 Å². The van der Waals surface area contributed by atoms with Gasteiger partial charge < -0.3 is 9.47 Å². The van der Waals surface area contributed by atoms with Crippen molar-refractivity contribution in [2.24, 2.45) is 5.41 Å². The van der Waals surface area contributed by atoms with Gasteiger partial charge >= 0.3 is 11.9 Å². The summed E-state index contributed by atoms with van der Waals surface area (Å²) in [6.45, 7) is 9.39. The maximum atomic E-state index is 12.5. The highest BCUT2D eigenvalue weighted by atomic mass is 16.6.